The first kappa shape index (κ1) is 17.0. The summed E-state index contributed by atoms with van der Waals surface area (Å²) in [5.74, 6) is 0. The molecule has 3 aromatic rings. The molecular formula is C17H17N3O4S. The van der Waals surface area contributed by atoms with Crippen molar-refractivity contribution in [1.82, 2.24) is 9.97 Å². The Bertz CT molecular complexity index is 1190. The molecule has 0 spiro atoms. The summed E-state index contributed by atoms with van der Waals surface area (Å²) in [5, 5.41) is 0.107. The standard InChI is InChI=1S/C17H17N3O4S/c1-10-5-4-6-15(11(10)2)20(3)25(23,24)12-7-8-14-13(9-12)16(21)19-17(22)18-14/h4-9H,1-3H3,(H2,18,19,21,22). The van der Waals surface area contributed by atoms with E-state index < -0.39 is 21.3 Å². The normalized spacial score (nSPS) is 11.6. The molecular weight excluding hydrogens is 342 g/mol. The van der Waals surface area contributed by atoms with E-state index in [1.165, 1.54) is 29.6 Å². The lowest BCUT2D eigenvalue weighted by molar-refractivity contribution is 0.594. The minimum Gasteiger partial charge on any atom is -0.307 e. The molecule has 8 heteroatoms. The Labute approximate surface area is 144 Å². The summed E-state index contributed by atoms with van der Waals surface area (Å²) >= 11 is 0. The number of aryl methyl sites for hydroxylation is 1. The first-order valence-corrected chi connectivity index (χ1v) is 8.97. The van der Waals surface area contributed by atoms with Gasteiger partial charge < -0.3 is 4.98 Å². The first-order valence-electron chi connectivity index (χ1n) is 7.53. The second kappa shape index (κ2) is 5.89. The smallest absolute Gasteiger partial charge is 0.307 e. The monoisotopic (exact) mass is 359 g/mol. The van der Waals surface area contributed by atoms with Gasteiger partial charge in [0.05, 0.1) is 21.5 Å². The van der Waals surface area contributed by atoms with E-state index in [9.17, 15) is 18.0 Å². The van der Waals surface area contributed by atoms with E-state index in [4.69, 9.17) is 0 Å². The molecule has 1 aromatic heterocycles. The van der Waals surface area contributed by atoms with Crippen molar-refractivity contribution in [2.75, 3.05) is 11.4 Å². The largest absolute Gasteiger partial charge is 0.326 e. The zero-order valence-corrected chi connectivity index (χ0v) is 14.8. The van der Waals surface area contributed by atoms with E-state index in [-0.39, 0.29) is 15.8 Å². The fourth-order valence-electron chi connectivity index (χ4n) is 2.67. The maximum absolute atomic E-state index is 13.0. The minimum absolute atomic E-state index is 0.0269. The van der Waals surface area contributed by atoms with E-state index in [0.29, 0.717) is 5.69 Å². The van der Waals surface area contributed by atoms with E-state index in [1.54, 1.807) is 12.1 Å². The van der Waals surface area contributed by atoms with Crippen LogP contribution in [0.1, 0.15) is 11.1 Å². The lowest BCUT2D eigenvalue weighted by Crippen LogP contribution is -2.28. The van der Waals surface area contributed by atoms with E-state index in [0.717, 1.165) is 11.1 Å². The Morgan fingerprint density at radius 2 is 1.72 bits per heavy atom. The van der Waals surface area contributed by atoms with Gasteiger partial charge in [0.15, 0.2) is 0 Å². The van der Waals surface area contributed by atoms with Crippen LogP contribution in [-0.4, -0.2) is 25.4 Å². The number of H-pyrrole nitrogens is 2. The molecule has 2 N–H and O–H groups in total. The number of sulfonamides is 1. The lowest BCUT2D eigenvalue weighted by Gasteiger charge is -2.22. The van der Waals surface area contributed by atoms with Gasteiger partial charge in [0.25, 0.3) is 15.6 Å². The van der Waals surface area contributed by atoms with Gasteiger partial charge in [-0.2, -0.15) is 0 Å². The van der Waals surface area contributed by atoms with Gasteiger partial charge in [-0.3, -0.25) is 14.1 Å². The van der Waals surface area contributed by atoms with Crippen LogP contribution in [0.2, 0.25) is 0 Å². The fraction of sp³-hybridized carbons (Fsp3) is 0.176. The van der Waals surface area contributed by atoms with Crippen LogP contribution >= 0.6 is 0 Å². The number of fused-ring (bicyclic) bond motifs is 1. The Hall–Kier alpha value is -2.87. The summed E-state index contributed by atoms with van der Waals surface area (Å²) in [6, 6.07) is 9.47. The van der Waals surface area contributed by atoms with Gasteiger partial charge in [-0.15, -0.1) is 0 Å². The number of benzene rings is 2. The zero-order chi connectivity index (χ0) is 18.4. The SMILES string of the molecule is Cc1cccc(N(C)S(=O)(=O)c2ccc3[nH]c(=O)[nH]c(=O)c3c2)c1C. The number of aromatic nitrogens is 2. The molecule has 0 amide bonds. The van der Waals surface area contributed by atoms with Crippen LogP contribution in [0.4, 0.5) is 5.69 Å². The van der Waals surface area contributed by atoms with Crippen LogP contribution in [0.25, 0.3) is 10.9 Å². The molecule has 0 unspecified atom stereocenters. The van der Waals surface area contributed by atoms with Crippen LogP contribution in [-0.2, 0) is 10.0 Å². The van der Waals surface area contributed by atoms with Crippen LogP contribution in [0, 0.1) is 13.8 Å². The quantitative estimate of drug-likeness (QED) is 0.742. The highest BCUT2D eigenvalue weighted by molar-refractivity contribution is 7.92. The third kappa shape index (κ3) is 2.85. The van der Waals surface area contributed by atoms with Crippen molar-refractivity contribution in [3.8, 4) is 0 Å². The van der Waals surface area contributed by atoms with Crippen molar-refractivity contribution in [2.24, 2.45) is 0 Å². The summed E-state index contributed by atoms with van der Waals surface area (Å²) in [4.78, 5) is 27.8. The predicted molar refractivity (Wildman–Crippen MR) is 96.7 cm³/mol. The average molecular weight is 359 g/mol. The third-order valence-electron chi connectivity index (χ3n) is 4.28. The minimum atomic E-state index is -3.86. The summed E-state index contributed by atoms with van der Waals surface area (Å²) in [6.07, 6.45) is 0. The third-order valence-corrected chi connectivity index (χ3v) is 6.05. The topological polar surface area (TPSA) is 103 Å². The van der Waals surface area contributed by atoms with Gasteiger partial charge in [0.2, 0.25) is 0 Å². The Kier molecular flexibility index (Phi) is 4.00. The van der Waals surface area contributed by atoms with Crippen LogP contribution in [0.5, 0.6) is 0 Å². The number of anilines is 1. The summed E-state index contributed by atoms with van der Waals surface area (Å²) < 4.78 is 27.1. The van der Waals surface area contributed by atoms with Gasteiger partial charge in [-0.05, 0) is 49.2 Å². The average Bonchev–Trinajstić information content (AvgIpc) is 2.56. The Balaban J connectivity index is 2.17. The van der Waals surface area contributed by atoms with Crippen molar-refractivity contribution >= 4 is 26.6 Å². The second-order valence-corrected chi connectivity index (χ2v) is 7.78. The van der Waals surface area contributed by atoms with E-state index in [2.05, 4.69) is 9.97 Å². The number of rotatable bonds is 3. The van der Waals surface area contributed by atoms with E-state index >= 15 is 0 Å². The molecule has 0 atom stereocenters. The summed E-state index contributed by atoms with van der Waals surface area (Å²) in [6.45, 7) is 3.76. The second-order valence-electron chi connectivity index (χ2n) is 5.81. The van der Waals surface area contributed by atoms with Crippen LogP contribution in [0.3, 0.4) is 0 Å². The van der Waals surface area contributed by atoms with Gasteiger partial charge in [0, 0.05) is 7.05 Å². The highest BCUT2D eigenvalue weighted by atomic mass is 32.2. The molecule has 0 fully saturated rings. The Morgan fingerprint density at radius 3 is 2.44 bits per heavy atom. The van der Waals surface area contributed by atoms with Crippen molar-refractivity contribution in [3.05, 3.63) is 68.4 Å². The highest BCUT2D eigenvalue weighted by Gasteiger charge is 2.23. The van der Waals surface area contributed by atoms with Crippen LogP contribution < -0.4 is 15.6 Å². The first-order chi connectivity index (χ1) is 11.7. The molecule has 0 aliphatic rings. The molecule has 0 radical (unpaired) electrons. The molecule has 0 bridgehead atoms. The number of nitrogens with one attached hydrogen (secondary N) is 2. The molecule has 7 nitrogen and oxygen atoms in total. The summed E-state index contributed by atoms with van der Waals surface area (Å²) in [5.41, 5.74) is 1.41. The number of nitrogens with zero attached hydrogens (tertiary/aromatic N) is 1. The number of aromatic amines is 2. The zero-order valence-electron chi connectivity index (χ0n) is 14.0. The Morgan fingerprint density at radius 1 is 1.00 bits per heavy atom. The lowest BCUT2D eigenvalue weighted by atomic mass is 10.1. The highest BCUT2D eigenvalue weighted by Crippen LogP contribution is 2.27. The molecule has 0 saturated heterocycles. The summed E-state index contributed by atoms with van der Waals surface area (Å²) in [7, 11) is -2.39. The van der Waals surface area contributed by atoms with Gasteiger partial charge >= 0.3 is 5.69 Å². The van der Waals surface area contributed by atoms with Crippen LogP contribution in [0.15, 0.2) is 50.9 Å². The van der Waals surface area contributed by atoms with Gasteiger partial charge in [-0.1, -0.05) is 12.1 Å². The maximum atomic E-state index is 13.0. The molecule has 130 valence electrons. The van der Waals surface area contributed by atoms with Gasteiger partial charge in [0.1, 0.15) is 0 Å². The molecule has 1 heterocycles. The van der Waals surface area contributed by atoms with Crippen molar-refractivity contribution in [1.29, 1.82) is 0 Å². The van der Waals surface area contributed by atoms with E-state index in [1.807, 2.05) is 19.9 Å². The molecule has 0 saturated carbocycles. The number of hydrogen-bond donors (Lipinski definition) is 2. The van der Waals surface area contributed by atoms with Crippen molar-refractivity contribution in [2.45, 2.75) is 18.7 Å². The van der Waals surface area contributed by atoms with Crippen molar-refractivity contribution < 1.29 is 8.42 Å². The fourth-order valence-corrected chi connectivity index (χ4v) is 3.95. The molecule has 25 heavy (non-hydrogen) atoms. The molecule has 0 aliphatic carbocycles. The maximum Gasteiger partial charge on any atom is 0.326 e. The molecule has 0 aliphatic heterocycles. The number of hydrogen-bond acceptors (Lipinski definition) is 4. The molecule has 2 aromatic carbocycles. The van der Waals surface area contributed by atoms with Crippen molar-refractivity contribution in [3.63, 3.8) is 0 Å². The molecule has 3 rings (SSSR count). The van der Waals surface area contributed by atoms with Gasteiger partial charge in [-0.25, -0.2) is 13.2 Å². The predicted octanol–water partition coefficient (Wildman–Crippen LogP) is 1.66.